The molecule has 0 amide bonds. The lowest BCUT2D eigenvalue weighted by atomic mass is 10.1. The number of hydrogen-bond donors (Lipinski definition) is 2. The molecule has 1 atom stereocenters. The maximum atomic E-state index is 8.96. The summed E-state index contributed by atoms with van der Waals surface area (Å²) in [6.45, 7) is 2.24. The quantitative estimate of drug-likeness (QED) is 0.778. The number of aliphatic hydroxyl groups excluding tert-OH is 1. The zero-order chi connectivity index (χ0) is 12.3. The van der Waals surface area contributed by atoms with Crippen LogP contribution in [0.1, 0.15) is 12.8 Å². The van der Waals surface area contributed by atoms with Gasteiger partial charge in [-0.05, 0) is 30.9 Å². The highest BCUT2D eigenvalue weighted by Crippen LogP contribution is 2.32. The summed E-state index contributed by atoms with van der Waals surface area (Å²) in [7, 11) is 1.66. The summed E-state index contributed by atoms with van der Waals surface area (Å²) in [5.41, 5.74) is 7.83. The molecule has 3 N–H and O–H groups in total. The Bertz CT molecular complexity index is 382. The molecular formula is C13H20N2O2. The average molecular weight is 236 g/mol. The first-order chi connectivity index (χ1) is 8.24. The van der Waals surface area contributed by atoms with Crippen LogP contribution in [0.5, 0.6) is 5.75 Å². The summed E-state index contributed by atoms with van der Waals surface area (Å²) >= 11 is 0. The molecule has 0 aliphatic carbocycles. The van der Waals surface area contributed by atoms with Gasteiger partial charge in [0.05, 0.1) is 18.5 Å². The summed E-state index contributed by atoms with van der Waals surface area (Å²) in [5, 5.41) is 8.96. The lowest BCUT2D eigenvalue weighted by Gasteiger charge is -2.21. The Morgan fingerprint density at radius 3 is 3.06 bits per heavy atom. The first kappa shape index (κ1) is 12.0. The SMILES string of the molecule is COc1ccc(N)c(N2CCC(CCO)C2)c1. The van der Waals surface area contributed by atoms with Gasteiger partial charge in [-0.25, -0.2) is 0 Å². The highest BCUT2D eigenvalue weighted by molar-refractivity contribution is 5.70. The van der Waals surface area contributed by atoms with E-state index in [9.17, 15) is 0 Å². The number of aliphatic hydroxyl groups is 1. The number of rotatable bonds is 4. The molecule has 1 unspecified atom stereocenters. The Morgan fingerprint density at radius 2 is 2.35 bits per heavy atom. The van der Waals surface area contributed by atoms with Crippen LogP contribution in [-0.2, 0) is 0 Å². The van der Waals surface area contributed by atoms with Crippen molar-refractivity contribution < 1.29 is 9.84 Å². The number of nitrogen functional groups attached to an aromatic ring is 1. The number of hydrogen-bond acceptors (Lipinski definition) is 4. The average Bonchev–Trinajstić information content (AvgIpc) is 2.79. The van der Waals surface area contributed by atoms with Crippen LogP contribution in [0.25, 0.3) is 0 Å². The van der Waals surface area contributed by atoms with Crippen LogP contribution in [0.3, 0.4) is 0 Å². The standard InChI is InChI=1S/C13H20N2O2/c1-17-11-2-3-12(14)13(8-11)15-6-4-10(9-15)5-7-16/h2-3,8,10,16H,4-7,9,14H2,1H3. The van der Waals surface area contributed by atoms with Gasteiger partial charge in [-0.2, -0.15) is 0 Å². The second-order valence-electron chi connectivity index (χ2n) is 4.54. The van der Waals surface area contributed by atoms with E-state index in [2.05, 4.69) is 4.90 Å². The van der Waals surface area contributed by atoms with E-state index >= 15 is 0 Å². The predicted octanol–water partition coefficient (Wildman–Crippen LogP) is 1.49. The summed E-state index contributed by atoms with van der Waals surface area (Å²) in [4.78, 5) is 2.28. The van der Waals surface area contributed by atoms with E-state index in [1.165, 1.54) is 0 Å². The number of benzene rings is 1. The molecule has 0 bridgehead atoms. The summed E-state index contributed by atoms with van der Waals surface area (Å²) in [6, 6.07) is 5.74. The fourth-order valence-electron chi connectivity index (χ4n) is 2.39. The maximum Gasteiger partial charge on any atom is 0.121 e. The molecule has 0 spiro atoms. The van der Waals surface area contributed by atoms with E-state index in [1.807, 2.05) is 18.2 Å². The van der Waals surface area contributed by atoms with E-state index in [-0.39, 0.29) is 6.61 Å². The van der Waals surface area contributed by atoms with E-state index in [0.29, 0.717) is 5.92 Å². The van der Waals surface area contributed by atoms with Crippen LogP contribution < -0.4 is 15.4 Å². The molecule has 0 saturated carbocycles. The molecule has 2 rings (SSSR count). The molecule has 1 aromatic rings. The fourth-order valence-corrected chi connectivity index (χ4v) is 2.39. The van der Waals surface area contributed by atoms with Crippen LogP contribution in [0.4, 0.5) is 11.4 Å². The van der Waals surface area contributed by atoms with Crippen molar-refractivity contribution >= 4 is 11.4 Å². The number of nitrogens with zero attached hydrogens (tertiary/aromatic N) is 1. The molecule has 1 aliphatic rings. The van der Waals surface area contributed by atoms with Crippen LogP contribution in [0.15, 0.2) is 18.2 Å². The van der Waals surface area contributed by atoms with Crippen molar-refractivity contribution in [1.82, 2.24) is 0 Å². The van der Waals surface area contributed by atoms with Gasteiger partial charge in [-0.15, -0.1) is 0 Å². The van der Waals surface area contributed by atoms with Gasteiger partial charge < -0.3 is 20.5 Å². The second kappa shape index (κ2) is 5.27. The molecule has 4 nitrogen and oxygen atoms in total. The van der Waals surface area contributed by atoms with E-state index in [4.69, 9.17) is 15.6 Å². The molecule has 94 valence electrons. The topological polar surface area (TPSA) is 58.7 Å². The summed E-state index contributed by atoms with van der Waals surface area (Å²) in [6.07, 6.45) is 2.00. The van der Waals surface area contributed by atoms with Crippen molar-refractivity contribution in [3.63, 3.8) is 0 Å². The first-order valence-electron chi connectivity index (χ1n) is 6.04. The molecule has 1 heterocycles. The van der Waals surface area contributed by atoms with Crippen molar-refractivity contribution in [3.8, 4) is 5.75 Å². The van der Waals surface area contributed by atoms with Crippen molar-refractivity contribution in [3.05, 3.63) is 18.2 Å². The second-order valence-corrected chi connectivity index (χ2v) is 4.54. The van der Waals surface area contributed by atoms with Gasteiger partial charge in [0.25, 0.3) is 0 Å². The molecule has 1 aromatic carbocycles. The number of anilines is 2. The Kier molecular flexibility index (Phi) is 3.74. The molecule has 0 aromatic heterocycles. The Labute approximate surface area is 102 Å². The first-order valence-corrected chi connectivity index (χ1v) is 6.04. The highest BCUT2D eigenvalue weighted by atomic mass is 16.5. The number of nitrogens with two attached hydrogens (primary N) is 1. The summed E-state index contributed by atoms with van der Waals surface area (Å²) in [5.74, 6) is 1.41. The lowest BCUT2D eigenvalue weighted by Crippen LogP contribution is -2.21. The minimum absolute atomic E-state index is 0.270. The number of ether oxygens (including phenoxy) is 1. The van der Waals surface area contributed by atoms with Crippen molar-refractivity contribution in [1.29, 1.82) is 0 Å². The van der Waals surface area contributed by atoms with Crippen molar-refractivity contribution in [2.75, 3.05) is 37.4 Å². The largest absolute Gasteiger partial charge is 0.497 e. The molecule has 4 heteroatoms. The van der Waals surface area contributed by atoms with Crippen LogP contribution in [0.2, 0.25) is 0 Å². The van der Waals surface area contributed by atoms with E-state index in [0.717, 1.165) is 43.1 Å². The van der Waals surface area contributed by atoms with Gasteiger partial charge in [0, 0.05) is 25.8 Å². The minimum atomic E-state index is 0.270. The fraction of sp³-hybridized carbons (Fsp3) is 0.538. The Hall–Kier alpha value is -1.42. The van der Waals surface area contributed by atoms with Gasteiger partial charge >= 0.3 is 0 Å². The van der Waals surface area contributed by atoms with E-state index in [1.54, 1.807) is 7.11 Å². The van der Waals surface area contributed by atoms with Crippen LogP contribution >= 0.6 is 0 Å². The molecular weight excluding hydrogens is 216 g/mol. The smallest absolute Gasteiger partial charge is 0.121 e. The highest BCUT2D eigenvalue weighted by Gasteiger charge is 2.23. The van der Waals surface area contributed by atoms with Gasteiger partial charge in [0.2, 0.25) is 0 Å². The third-order valence-corrected chi connectivity index (χ3v) is 3.40. The molecule has 17 heavy (non-hydrogen) atoms. The lowest BCUT2D eigenvalue weighted by molar-refractivity contribution is 0.263. The zero-order valence-corrected chi connectivity index (χ0v) is 10.2. The van der Waals surface area contributed by atoms with Gasteiger partial charge in [-0.1, -0.05) is 0 Å². The monoisotopic (exact) mass is 236 g/mol. The third kappa shape index (κ3) is 2.64. The molecule has 0 radical (unpaired) electrons. The van der Waals surface area contributed by atoms with Crippen LogP contribution in [0, 0.1) is 5.92 Å². The zero-order valence-electron chi connectivity index (χ0n) is 10.2. The minimum Gasteiger partial charge on any atom is -0.497 e. The molecule has 1 fully saturated rings. The third-order valence-electron chi connectivity index (χ3n) is 3.40. The van der Waals surface area contributed by atoms with Crippen molar-refractivity contribution in [2.45, 2.75) is 12.8 Å². The predicted molar refractivity (Wildman–Crippen MR) is 69.4 cm³/mol. The van der Waals surface area contributed by atoms with Gasteiger partial charge in [0.15, 0.2) is 0 Å². The Morgan fingerprint density at radius 1 is 1.53 bits per heavy atom. The van der Waals surface area contributed by atoms with Crippen molar-refractivity contribution in [2.24, 2.45) is 5.92 Å². The molecule has 1 aliphatic heterocycles. The van der Waals surface area contributed by atoms with E-state index < -0.39 is 0 Å². The normalized spacial score (nSPS) is 19.6. The summed E-state index contributed by atoms with van der Waals surface area (Å²) < 4.78 is 5.22. The van der Waals surface area contributed by atoms with Gasteiger partial charge in [0.1, 0.15) is 5.75 Å². The molecule has 1 saturated heterocycles. The van der Waals surface area contributed by atoms with Crippen LogP contribution in [-0.4, -0.2) is 31.9 Å². The maximum absolute atomic E-state index is 8.96. The number of methoxy groups -OCH3 is 1. The Balaban J connectivity index is 2.12. The van der Waals surface area contributed by atoms with Gasteiger partial charge in [-0.3, -0.25) is 0 Å².